The van der Waals surface area contributed by atoms with Crippen LogP contribution in [0, 0.1) is 0 Å². The van der Waals surface area contributed by atoms with Gasteiger partial charge in [-0.1, -0.05) is 26.0 Å². The fraction of sp³-hybridized carbons (Fsp3) is 0.417. The van der Waals surface area contributed by atoms with Gasteiger partial charge >= 0.3 is 0 Å². The van der Waals surface area contributed by atoms with Crippen LogP contribution in [0.15, 0.2) is 24.3 Å². The van der Waals surface area contributed by atoms with Gasteiger partial charge in [-0.15, -0.1) is 0 Å². The molecule has 0 heterocycles. The number of carbonyl (C=O) groups excluding carboxylic acids is 1. The fourth-order valence-electron chi connectivity index (χ4n) is 1.15. The number of hydrogen-bond donors (Lipinski definition) is 2. The summed E-state index contributed by atoms with van der Waals surface area (Å²) in [6, 6.07) is 7.43. The molecule has 0 bridgehead atoms. The highest BCUT2D eigenvalue weighted by atomic mass is 16.1. The maximum absolute atomic E-state index is 11.5. The maximum atomic E-state index is 11.5. The van der Waals surface area contributed by atoms with Crippen LogP contribution in [0.1, 0.15) is 31.1 Å². The van der Waals surface area contributed by atoms with Gasteiger partial charge < -0.3 is 10.6 Å². The SMILES string of the molecule is CC.CCNC(=O)c1ccccc1NC. The van der Waals surface area contributed by atoms with Crippen molar-refractivity contribution in [3.8, 4) is 0 Å². The van der Waals surface area contributed by atoms with Crippen LogP contribution in [0.25, 0.3) is 0 Å². The van der Waals surface area contributed by atoms with E-state index in [1.165, 1.54) is 0 Å². The topological polar surface area (TPSA) is 41.1 Å². The van der Waals surface area contributed by atoms with Crippen LogP contribution >= 0.6 is 0 Å². The molecule has 0 saturated carbocycles. The summed E-state index contributed by atoms with van der Waals surface area (Å²) in [5.41, 5.74) is 1.54. The first-order valence-electron chi connectivity index (χ1n) is 5.34. The Bertz CT molecular complexity index is 297. The molecule has 0 aliphatic carbocycles. The largest absolute Gasteiger partial charge is 0.387 e. The smallest absolute Gasteiger partial charge is 0.253 e. The summed E-state index contributed by atoms with van der Waals surface area (Å²) >= 11 is 0. The van der Waals surface area contributed by atoms with E-state index in [0.29, 0.717) is 12.1 Å². The molecular formula is C12H20N2O. The highest BCUT2D eigenvalue weighted by molar-refractivity contribution is 5.99. The number of para-hydroxylation sites is 1. The molecular weight excluding hydrogens is 188 g/mol. The van der Waals surface area contributed by atoms with Crippen molar-refractivity contribution in [2.75, 3.05) is 18.9 Å². The Balaban J connectivity index is 0.000000921. The van der Waals surface area contributed by atoms with Crippen molar-refractivity contribution in [2.24, 2.45) is 0 Å². The number of benzene rings is 1. The van der Waals surface area contributed by atoms with Crippen LogP contribution in [-0.4, -0.2) is 19.5 Å². The monoisotopic (exact) mass is 208 g/mol. The Kier molecular flexibility index (Phi) is 7.06. The van der Waals surface area contributed by atoms with Crippen molar-refractivity contribution in [3.63, 3.8) is 0 Å². The molecule has 3 heteroatoms. The van der Waals surface area contributed by atoms with Crippen LogP contribution in [0.2, 0.25) is 0 Å². The molecule has 84 valence electrons. The lowest BCUT2D eigenvalue weighted by Crippen LogP contribution is -2.23. The van der Waals surface area contributed by atoms with E-state index in [-0.39, 0.29) is 5.91 Å². The Morgan fingerprint density at radius 3 is 2.40 bits per heavy atom. The van der Waals surface area contributed by atoms with Gasteiger partial charge in [-0.05, 0) is 19.1 Å². The van der Waals surface area contributed by atoms with E-state index in [1.807, 2.05) is 39.0 Å². The molecule has 0 spiro atoms. The summed E-state index contributed by atoms with van der Waals surface area (Å²) in [6.45, 7) is 6.55. The van der Waals surface area contributed by atoms with Crippen molar-refractivity contribution < 1.29 is 4.79 Å². The predicted molar refractivity (Wildman–Crippen MR) is 65.3 cm³/mol. The number of nitrogens with one attached hydrogen (secondary N) is 2. The third-order valence-electron chi connectivity index (χ3n) is 1.78. The minimum Gasteiger partial charge on any atom is -0.387 e. The summed E-state index contributed by atoms with van der Waals surface area (Å²) in [5, 5.41) is 5.73. The van der Waals surface area contributed by atoms with E-state index >= 15 is 0 Å². The van der Waals surface area contributed by atoms with Crippen molar-refractivity contribution in [1.82, 2.24) is 5.32 Å². The normalized spacial score (nSPS) is 8.53. The molecule has 2 N–H and O–H groups in total. The Labute approximate surface area is 91.9 Å². The summed E-state index contributed by atoms with van der Waals surface area (Å²) in [7, 11) is 1.80. The number of rotatable bonds is 3. The molecule has 0 aliphatic heterocycles. The number of amides is 1. The van der Waals surface area contributed by atoms with Crippen molar-refractivity contribution in [3.05, 3.63) is 29.8 Å². The van der Waals surface area contributed by atoms with Gasteiger partial charge in [-0.3, -0.25) is 4.79 Å². The molecule has 0 aliphatic rings. The highest BCUT2D eigenvalue weighted by Gasteiger charge is 2.07. The van der Waals surface area contributed by atoms with Gasteiger partial charge in [0.15, 0.2) is 0 Å². The third-order valence-corrected chi connectivity index (χ3v) is 1.78. The van der Waals surface area contributed by atoms with Crippen LogP contribution in [0.3, 0.4) is 0 Å². The maximum Gasteiger partial charge on any atom is 0.253 e. The number of carbonyl (C=O) groups is 1. The Hall–Kier alpha value is -1.51. The lowest BCUT2D eigenvalue weighted by Gasteiger charge is -2.07. The van der Waals surface area contributed by atoms with Crippen LogP contribution in [-0.2, 0) is 0 Å². The van der Waals surface area contributed by atoms with Crippen LogP contribution in [0.4, 0.5) is 5.69 Å². The van der Waals surface area contributed by atoms with Gasteiger partial charge in [0, 0.05) is 19.3 Å². The van der Waals surface area contributed by atoms with Crippen molar-refractivity contribution in [1.29, 1.82) is 0 Å². The van der Waals surface area contributed by atoms with Gasteiger partial charge in [0.25, 0.3) is 5.91 Å². The molecule has 0 atom stereocenters. The molecule has 0 radical (unpaired) electrons. The van der Waals surface area contributed by atoms with Gasteiger partial charge in [-0.25, -0.2) is 0 Å². The minimum atomic E-state index is -0.0348. The molecule has 0 saturated heterocycles. The second kappa shape index (κ2) is 7.85. The highest BCUT2D eigenvalue weighted by Crippen LogP contribution is 2.13. The van der Waals surface area contributed by atoms with Gasteiger partial charge in [0.2, 0.25) is 0 Å². The number of anilines is 1. The summed E-state index contributed by atoms with van der Waals surface area (Å²) in [6.07, 6.45) is 0. The van der Waals surface area contributed by atoms with Crippen LogP contribution < -0.4 is 10.6 Å². The molecule has 3 nitrogen and oxygen atoms in total. The average Bonchev–Trinajstić information content (AvgIpc) is 2.32. The van der Waals surface area contributed by atoms with Crippen LogP contribution in [0.5, 0.6) is 0 Å². The molecule has 0 fully saturated rings. The van der Waals surface area contributed by atoms with E-state index in [1.54, 1.807) is 13.1 Å². The van der Waals surface area contributed by atoms with Crippen molar-refractivity contribution in [2.45, 2.75) is 20.8 Å². The first kappa shape index (κ1) is 13.5. The lowest BCUT2D eigenvalue weighted by atomic mass is 10.1. The summed E-state index contributed by atoms with van der Waals surface area (Å²) < 4.78 is 0. The average molecular weight is 208 g/mol. The standard InChI is InChI=1S/C10H14N2O.C2H6/c1-3-12-10(13)8-6-4-5-7-9(8)11-2;1-2/h4-7,11H,3H2,1-2H3,(H,12,13);1-2H3. The quantitative estimate of drug-likeness (QED) is 0.801. The zero-order valence-electron chi connectivity index (χ0n) is 9.92. The molecule has 1 amide bonds. The van der Waals surface area contributed by atoms with E-state index in [0.717, 1.165) is 5.69 Å². The molecule has 15 heavy (non-hydrogen) atoms. The first-order valence-corrected chi connectivity index (χ1v) is 5.34. The summed E-state index contributed by atoms with van der Waals surface area (Å²) in [5.74, 6) is -0.0348. The summed E-state index contributed by atoms with van der Waals surface area (Å²) in [4.78, 5) is 11.5. The van der Waals surface area contributed by atoms with E-state index in [4.69, 9.17) is 0 Å². The van der Waals surface area contributed by atoms with E-state index < -0.39 is 0 Å². The van der Waals surface area contributed by atoms with E-state index in [9.17, 15) is 4.79 Å². The van der Waals surface area contributed by atoms with Gasteiger partial charge in [0.05, 0.1) is 5.56 Å². The zero-order chi connectivity index (χ0) is 11.7. The fourth-order valence-corrected chi connectivity index (χ4v) is 1.15. The molecule has 0 unspecified atom stereocenters. The Morgan fingerprint density at radius 1 is 1.27 bits per heavy atom. The molecule has 0 aromatic heterocycles. The molecule has 1 rings (SSSR count). The molecule has 1 aromatic rings. The second-order valence-electron chi connectivity index (χ2n) is 2.66. The van der Waals surface area contributed by atoms with Crippen molar-refractivity contribution >= 4 is 11.6 Å². The van der Waals surface area contributed by atoms with Gasteiger partial charge in [-0.2, -0.15) is 0 Å². The minimum absolute atomic E-state index is 0.0348. The third kappa shape index (κ3) is 4.02. The zero-order valence-corrected chi connectivity index (χ0v) is 9.92. The second-order valence-corrected chi connectivity index (χ2v) is 2.66. The molecule has 1 aromatic carbocycles. The lowest BCUT2D eigenvalue weighted by molar-refractivity contribution is 0.0956. The number of hydrogen-bond acceptors (Lipinski definition) is 2. The first-order chi connectivity index (χ1) is 7.29. The Morgan fingerprint density at radius 2 is 1.87 bits per heavy atom. The van der Waals surface area contributed by atoms with Gasteiger partial charge in [0.1, 0.15) is 0 Å². The predicted octanol–water partition coefficient (Wildman–Crippen LogP) is 2.50. The van der Waals surface area contributed by atoms with E-state index in [2.05, 4.69) is 10.6 Å².